The molecule has 0 bridgehead atoms. The predicted molar refractivity (Wildman–Crippen MR) is 49.4 cm³/mol. The Labute approximate surface area is 79.8 Å². The molecule has 0 unspecified atom stereocenters. The number of carboxylic acid groups (broad SMARTS) is 1. The second kappa shape index (κ2) is 3.26. The SMILES string of the molecule is O=C(O)c1cc(=O)[nH]c2c1CNCC2. The molecular formula is C9H10N2O3. The van der Waals surface area contributed by atoms with Crippen LogP contribution in [0.4, 0.5) is 0 Å². The van der Waals surface area contributed by atoms with Crippen molar-refractivity contribution in [3.63, 3.8) is 0 Å². The second-order valence-electron chi connectivity index (χ2n) is 3.24. The molecule has 14 heavy (non-hydrogen) atoms. The van der Waals surface area contributed by atoms with Crippen molar-refractivity contribution in [1.82, 2.24) is 10.3 Å². The fraction of sp³-hybridized carbons (Fsp3) is 0.333. The molecule has 1 aliphatic rings. The Kier molecular flexibility index (Phi) is 2.09. The van der Waals surface area contributed by atoms with Crippen LogP contribution in [0.1, 0.15) is 21.6 Å². The predicted octanol–water partition coefficient (Wildman–Crippen LogP) is -0.281. The minimum absolute atomic E-state index is 0.107. The molecule has 0 saturated heterocycles. The number of fused-ring (bicyclic) bond motifs is 1. The van der Waals surface area contributed by atoms with Gasteiger partial charge in [-0.2, -0.15) is 0 Å². The van der Waals surface area contributed by atoms with Gasteiger partial charge in [0, 0.05) is 36.8 Å². The van der Waals surface area contributed by atoms with Gasteiger partial charge < -0.3 is 15.4 Å². The van der Waals surface area contributed by atoms with Crippen LogP contribution < -0.4 is 10.9 Å². The van der Waals surface area contributed by atoms with Crippen LogP contribution in [0.25, 0.3) is 0 Å². The molecule has 3 N–H and O–H groups in total. The highest BCUT2D eigenvalue weighted by molar-refractivity contribution is 5.89. The fourth-order valence-electron chi connectivity index (χ4n) is 1.67. The molecule has 1 aliphatic heterocycles. The van der Waals surface area contributed by atoms with Crippen molar-refractivity contribution in [2.24, 2.45) is 0 Å². The van der Waals surface area contributed by atoms with E-state index in [-0.39, 0.29) is 11.1 Å². The average Bonchev–Trinajstić information content (AvgIpc) is 2.16. The first kappa shape index (κ1) is 8.96. The molecule has 0 atom stereocenters. The van der Waals surface area contributed by atoms with E-state index in [1.807, 2.05) is 0 Å². The standard InChI is InChI=1S/C9H10N2O3/c12-8-3-5(9(13)14)6-4-10-2-1-7(6)11-8/h3,10H,1-2,4H2,(H,11,12)(H,13,14). The molecule has 0 amide bonds. The van der Waals surface area contributed by atoms with Crippen molar-refractivity contribution in [3.05, 3.63) is 33.2 Å². The van der Waals surface area contributed by atoms with Crippen molar-refractivity contribution >= 4 is 5.97 Å². The summed E-state index contributed by atoms with van der Waals surface area (Å²) >= 11 is 0. The molecule has 2 heterocycles. The first-order chi connectivity index (χ1) is 6.68. The topological polar surface area (TPSA) is 82.2 Å². The zero-order chi connectivity index (χ0) is 10.1. The number of nitrogens with one attached hydrogen (secondary N) is 2. The van der Waals surface area contributed by atoms with Gasteiger partial charge in [-0.25, -0.2) is 4.79 Å². The molecule has 1 aromatic heterocycles. The first-order valence-corrected chi connectivity index (χ1v) is 4.37. The van der Waals surface area contributed by atoms with Crippen LogP contribution >= 0.6 is 0 Å². The van der Waals surface area contributed by atoms with Crippen LogP contribution in [-0.2, 0) is 13.0 Å². The third kappa shape index (κ3) is 1.42. The van der Waals surface area contributed by atoms with Gasteiger partial charge in [0.05, 0.1) is 5.56 Å². The Hall–Kier alpha value is -1.62. The summed E-state index contributed by atoms with van der Waals surface area (Å²) < 4.78 is 0. The lowest BCUT2D eigenvalue weighted by atomic mass is 10.0. The van der Waals surface area contributed by atoms with Crippen LogP contribution in [0.15, 0.2) is 10.9 Å². The van der Waals surface area contributed by atoms with E-state index in [1.165, 1.54) is 0 Å². The lowest BCUT2D eigenvalue weighted by molar-refractivity contribution is 0.0695. The molecule has 0 radical (unpaired) electrons. The van der Waals surface area contributed by atoms with Crippen molar-refractivity contribution < 1.29 is 9.90 Å². The van der Waals surface area contributed by atoms with Crippen LogP contribution in [0.2, 0.25) is 0 Å². The number of hydrogen-bond acceptors (Lipinski definition) is 3. The van der Waals surface area contributed by atoms with Crippen LogP contribution in [-0.4, -0.2) is 22.6 Å². The van der Waals surface area contributed by atoms with E-state index in [0.29, 0.717) is 18.5 Å². The maximum Gasteiger partial charge on any atom is 0.336 e. The number of pyridine rings is 1. The molecule has 0 spiro atoms. The highest BCUT2D eigenvalue weighted by atomic mass is 16.4. The number of H-pyrrole nitrogens is 1. The van der Waals surface area contributed by atoms with Gasteiger partial charge in [-0.3, -0.25) is 4.79 Å². The summed E-state index contributed by atoms with van der Waals surface area (Å²) in [5.74, 6) is -1.05. The Morgan fingerprint density at radius 3 is 3.00 bits per heavy atom. The maximum absolute atomic E-state index is 11.1. The Bertz CT molecular complexity index is 436. The number of aromatic amines is 1. The number of aromatic nitrogens is 1. The lowest BCUT2D eigenvalue weighted by Crippen LogP contribution is -2.29. The van der Waals surface area contributed by atoms with Gasteiger partial charge in [-0.15, -0.1) is 0 Å². The molecule has 1 aromatic rings. The van der Waals surface area contributed by atoms with E-state index >= 15 is 0 Å². The highest BCUT2D eigenvalue weighted by Gasteiger charge is 2.18. The minimum Gasteiger partial charge on any atom is -0.478 e. The average molecular weight is 194 g/mol. The summed E-state index contributed by atoms with van der Waals surface area (Å²) in [5.41, 5.74) is 1.20. The molecule has 0 aliphatic carbocycles. The van der Waals surface area contributed by atoms with Gasteiger partial charge in [0.25, 0.3) is 0 Å². The molecule has 5 nitrogen and oxygen atoms in total. The smallest absolute Gasteiger partial charge is 0.336 e. The van der Waals surface area contributed by atoms with Crippen molar-refractivity contribution in [1.29, 1.82) is 0 Å². The van der Waals surface area contributed by atoms with E-state index in [0.717, 1.165) is 18.3 Å². The summed E-state index contributed by atoms with van der Waals surface area (Å²) in [6.45, 7) is 1.28. The van der Waals surface area contributed by atoms with Gasteiger partial charge in [-0.1, -0.05) is 0 Å². The van der Waals surface area contributed by atoms with Crippen molar-refractivity contribution in [2.45, 2.75) is 13.0 Å². The summed E-state index contributed by atoms with van der Waals surface area (Å²) in [7, 11) is 0. The Balaban J connectivity index is 2.64. The number of carbonyl (C=O) groups is 1. The molecule has 0 fully saturated rings. The largest absolute Gasteiger partial charge is 0.478 e. The normalized spacial score (nSPS) is 14.9. The van der Waals surface area contributed by atoms with Gasteiger partial charge in [0.1, 0.15) is 0 Å². The summed E-state index contributed by atoms with van der Waals surface area (Å²) in [6, 6.07) is 1.13. The summed E-state index contributed by atoms with van der Waals surface area (Å²) in [4.78, 5) is 24.6. The second-order valence-corrected chi connectivity index (χ2v) is 3.24. The fourth-order valence-corrected chi connectivity index (χ4v) is 1.67. The monoisotopic (exact) mass is 194 g/mol. The third-order valence-electron chi connectivity index (χ3n) is 2.32. The van der Waals surface area contributed by atoms with E-state index in [9.17, 15) is 9.59 Å². The summed E-state index contributed by atoms with van der Waals surface area (Å²) in [6.07, 6.45) is 0.672. The quantitative estimate of drug-likeness (QED) is 0.574. The Morgan fingerprint density at radius 1 is 1.50 bits per heavy atom. The van der Waals surface area contributed by atoms with Gasteiger partial charge in [0.15, 0.2) is 0 Å². The van der Waals surface area contributed by atoms with Crippen LogP contribution in [0.3, 0.4) is 0 Å². The molecule has 0 saturated carbocycles. The molecule has 0 aromatic carbocycles. The zero-order valence-corrected chi connectivity index (χ0v) is 7.46. The molecule has 74 valence electrons. The number of rotatable bonds is 1. The first-order valence-electron chi connectivity index (χ1n) is 4.37. The number of hydrogen-bond donors (Lipinski definition) is 3. The van der Waals surface area contributed by atoms with Gasteiger partial charge in [-0.05, 0) is 0 Å². The molecular weight excluding hydrogens is 184 g/mol. The van der Waals surface area contributed by atoms with Crippen LogP contribution in [0.5, 0.6) is 0 Å². The van der Waals surface area contributed by atoms with Gasteiger partial charge in [0.2, 0.25) is 5.56 Å². The van der Waals surface area contributed by atoms with Crippen LogP contribution in [0, 0.1) is 0 Å². The maximum atomic E-state index is 11.1. The lowest BCUT2D eigenvalue weighted by Gasteiger charge is -2.17. The number of carboxylic acids is 1. The van der Waals surface area contributed by atoms with Crippen molar-refractivity contribution in [3.8, 4) is 0 Å². The van der Waals surface area contributed by atoms with Gasteiger partial charge >= 0.3 is 5.97 Å². The number of aromatic carboxylic acids is 1. The third-order valence-corrected chi connectivity index (χ3v) is 2.32. The van der Waals surface area contributed by atoms with E-state index in [4.69, 9.17) is 5.11 Å². The molecule has 5 heteroatoms. The summed E-state index contributed by atoms with van der Waals surface area (Å²) in [5, 5.41) is 12.0. The van der Waals surface area contributed by atoms with Crippen molar-refractivity contribution in [2.75, 3.05) is 6.54 Å². The van der Waals surface area contributed by atoms with E-state index in [2.05, 4.69) is 10.3 Å². The highest BCUT2D eigenvalue weighted by Crippen LogP contribution is 2.14. The minimum atomic E-state index is -1.05. The molecule has 2 rings (SSSR count). The zero-order valence-electron chi connectivity index (χ0n) is 7.46. The van der Waals surface area contributed by atoms with E-state index in [1.54, 1.807) is 0 Å². The van der Waals surface area contributed by atoms with E-state index < -0.39 is 5.97 Å². The Morgan fingerprint density at radius 2 is 2.29 bits per heavy atom.